The molecule has 0 aliphatic rings. The number of ether oxygens (including phenoxy) is 1. The van der Waals surface area contributed by atoms with Crippen molar-refractivity contribution in [3.05, 3.63) is 92.4 Å². The van der Waals surface area contributed by atoms with Crippen LogP contribution in [0, 0.1) is 0 Å². The summed E-state index contributed by atoms with van der Waals surface area (Å²) in [5, 5.41) is 0.671. The van der Waals surface area contributed by atoms with E-state index in [9.17, 15) is 22.8 Å². The van der Waals surface area contributed by atoms with E-state index in [1.807, 2.05) is 30.3 Å². The fraction of sp³-hybridized carbons (Fsp3) is 0.190. The van der Waals surface area contributed by atoms with Crippen LogP contribution in [-0.2, 0) is 31.2 Å². The summed E-state index contributed by atoms with van der Waals surface area (Å²) in [5.41, 5.74) is -1.65. The number of hydrogen-bond donors (Lipinski definition) is 0. The first-order valence-corrected chi connectivity index (χ1v) is 9.93. The topological polar surface area (TPSA) is 66.1 Å². The average Bonchev–Trinajstić information content (AvgIpc) is 3.13. The Kier molecular flexibility index (Phi) is 5.50. The van der Waals surface area contributed by atoms with Gasteiger partial charge in [-0.1, -0.05) is 30.3 Å². The highest BCUT2D eigenvalue weighted by Crippen LogP contribution is 2.28. The molecule has 160 valence electrons. The Balaban J connectivity index is 1.69. The summed E-state index contributed by atoms with van der Waals surface area (Å²) >= 11 is 1.23. The van der Waals surface area contributed by atoms with E-state index in [1.54, 1.807) is 12.1 Å². The summed E-state index contributed by atoms with van der Waals surface area (Å²) < 4.78 is 51.2. The van der Waals surface area contributed by atoms with E-state index in [4.69, 9.17) is 4.74 Å². The molecule has 2 heterocycles. The minimum absolute atomic E-state index is 0.163. The fourth-order valence-corrected chi connectivity index (χ4v) is 3.96. The van der Waals surface area contributed by atoms with Crippen LogP contribution in [0.5, 0.6) is 0 Å². The highest BCUT2D eigenvalue weighted by Gasteiger charge is 2.35. The van der Waals surface area contributed by atoms with Crippen molar-refractivity contribution < 1.29 is 17.9 Å². The van der Waals surface area contributed by atoms with E-state index in [0.29, 0.717) is 32.9 Å². The van der Waals surface area contributed by atoms with Gasteiger partial charge in [0.25, 0.3) is 5.56 Å². The van der Waals surface area contributed by atoms with Crippen LogP contribution in [0.4, 0.5) is 13.2 Å². The molecule has 0 bridgehead atoms. The predicted octanol–water partition coefficient (Wildman–Crippen LogP) is 3.88. The SMILES string of the molecule is Cn1c(C(F)(F)F)cc(=O)n(-c2ccc3snc(COCc4ccccc4)c3c2)c1=O. The van der Waals surface area contributed by atoms with Crippen LogP contribution in [0.2, 0.25) is 0 Å². The van der Waals surface area contributed by atoms with Crippen LogP contribution >= 0.6 is 11.5 Å². The van der Waals surface area contributed by atoms with Gasteiger partial charge in [-0.25, -0.2) is 9.36 Å². The number of aromatic nitrogens is 3. The third kappa shape index (κ3) is 4.17. The van der Waals surface area contributed by atoms with Crippen molar-refractivity contribution in [2.75, 3.05) is 0 Å². The van der Waals surface area contributed by atoms with Crippen LogP contribution in [0.15, 0.2) is 64.2 Å². The normalized spacial score (nSPS) is 11.9. The Morgan fingerprint density at radius 2 is 1.77 bits per heavy atom. The summed E-state index contributed by atoms with van der Waals surface area (Å²) in [5.74, 6) is 0. The van der Waals surface area contributed by atoms with Gasteiger partial charge in [0.05, 0.1) is 29.3 Å². The molecule has 0 unspecified atom stereocenters. The Hall–Kier alpha value is -3.24. The number of benzene rings is 2. The smallest absolute Gasteiger partial charge is 0.370 e. The standard InChI is InChI=1S/C21H16F3N3O3S/c1-26-18(21(22,23)24)10-19(28)27(20(26)29)14-7-8-17-15(9-14)16(25-31-17)12-30-11-13-5-3-2-4-6-13/h2-10H,11-12H2,1H3. The predicted molar refractivity (Wildman–Crippen MR) is 110 cm³/mol. The number of nitrogens with zero attached hydrogens (tertiary/aromatic N) is 3. The second kappa shape index (κ2) is 8.12. The van der Waals surface area contributed by atoms with Crippen molar-refractivity contribution in [1.29, 1.82) is 0 Å². The molecule has 0 aliphatic heterocycles. The first kappa shape index (κ1) is 21.0. The van der Waals surface area contributed by atoms with E-state index in [0.717, 1.165) is 17.3 Å². The lowest BCUT2D eigenvalue weighted by Gasteiger charge is -2.14. The van der Waals surface area contributed by atoms with Gasteiger partial charge in [-0.15, -0.1) is 0 Å². The molecule has 4 aromatic rings. The van der Waals surface area contributed by atoms with E-state index in [2.05, 4.69) is 4.37 Å². The molecule has 0 saturated carbocycles. The molecular weight excluding hydrogens is 431 g/mol. The minimum Gasteiger partial charge on any atom is -0.370 e. The van der Waals surface area contributed by atoms with Crippen molar-refractivity contribution in [3.8, 4) is 5.69 Å². The van der Waals surface area contributed by atoms with Crippen molar-refractivity contribution >= 4 is 21.6 Å². The Bertz CT molecular complexity index is 1360. The Morgan fingerprint density at radius 3 is 2.48 bits per heavy atom. The molecular formula is C21H16F3N3O3S. The summed E-state index contributed by atoms with van der Waals surface area (Å²) in [6, 6.07) is 14.8. The Labute approximate surface area is 177 Å². The maximum atomic E-state index is 13.1. The number of alkyl halides is 3. The van der Waals surface area contributed by atoms with Crippen molar-refractivity contribution in [3.63, 3.8) is 0 Å². The highest BCUT2D eigenvalue weighted by molar-refractivity contribution is 7.13. The van der Waals surface area contributed by atoms with E-state index in [1.165, 1.54) is 17.6 Å². The van der Waals surface area contributed by atoms with Crippen LogP contribution in [0.3, 0.4) is 0 Å². The van der Waals surface area contributed by atoms with Crippen LogP contribution in [-0.4, -0.2) is 13.5 Å². The first-order valence-electron chi connectivity index (χ1n) is 9.16. The van der Waals surface area contributed by atoms with Crippen molar-refractivity contribution in [2.24, 2.45) is 7.05 Å². The zero-order valence-electron chi connectivity index (χ0n) is 16.2. The lowest BCUT2D eigenvalue weighted by atomic mass is 10.2. The maximum absolute atomic E-state index is 13.1. The summed E-state index contributed by atoms with van der Waals surface area (Å²) in [4.78, 5) is 24.9. The van der Waals surface area contributed by atoms with Gasteiger partial charge in [-0.05, 0) is 35.3 Å². The molecule has 0 saturated heterocycles. The summed E-state index contributed by atoms with van der Waals surface area (Å²) in [6.07, 6.45) is -4.81. The molecule has 6 nitrogen and oxygen atoms in total. The molecule has 0 aliphatic carbocycles. The van der Waals surface area contributed by atoms with E-state index in [-0.39, 0.29) is 12.3 Å². The van der Waals surface area contributed by atoms with Gasteiger partial charge < -0.3 is 4.74 Å². The van der Waals surface area contributed by atoms with Crippen molar-refractivity contribution in [1.82, 2.24) is 13.5 Å². The highest BCUT2D eigenvalue weighted by atomic mass is 32.1. The van der Waals surface area contributed by atoms with E-state index < -0.39 is 23.1 Å². The number of fused-ring (bicyclic) bond motifs is 1. The van der Waals surface area contributed by atoms with Crippen LogP contribution in [0.1, 0.15) is 17.0 Å². The molecule has 0 spiro atoms. The summed E-state index contributed by atoms with van der Waals surface area (Å²) in [7, 11) is 0.981. The molecule has 2 aromatic heterocycles. The van der Waals surface area contributed by atoms with Gasteiger partial charge in [0.2, 0.25) is 0 Å². The molecule has 10 heteroatoms. The first-order chi connectivity index (χ1) is 14.8. The lowest BCUT2D eigenvalue weighted by Crippen LogP contribution is -2.40. The van der Waals surface area contributed by atoms with Gasteiger partial charge >= 0.3 is 11.9 Å². The fourth-order valence-electron chi connectivity index (χ4n) is 3.19. The second-order valence-corrected chi connectivity index (χ2v) is 7.64. The van der Waals surface area contributed by atoms with Crippen LogP contribution in [0.25, 0.3) is 15.8 Å². The molecule has 2 aromatic carbocycles. The minimum atomic E-state index is -4.81. The van der Waals surface area contributed by atoms with Gasteiger partial charge in [0, 0.05) is 18.5 Å². The molecule has 4 rings (SSSR count). The number of hydrogen-bond acceptors (Lipinski definition) is 5. The van der Waals surface area contributed by atoms with Gasteiger partial charge in [0.1, 0.15) is 5.69 Å². The monoisotopic (exact) mass is 447 g/mol. The molecule has 0 radical (unpaired) electrons. The van der Waals surface area contributed by atoms with Gasteiger partial charge in [-0.3, -0.25) is 9.36 Å². The van der Waals surface area contributed by atoms with Crippen LogP contribution < -0.4 is 11.2 Å². The lowest BCUT2D eigenvalue weighted by molar-refractivity contribution is -0.144. The van der Waals surface area contributed by atoms with E-state index >= 15 is 0 Å². The largest absolute Gasteiger partial charge is 0.431 e. The maximum Gasteiger partial charge on any atom is 0.431 e. The second-order valence-electron chi connectivity index (χ2n) is 6.83. The molecule has 0 amide bonds. The number of halogens is 3. The average molecular weight is 447 g/mol. The molecule has 31 heavy (non-hydrogen) atoms. The third-order valence-corrected chi connectivity index (χ3v) is 5.61. The third-order valence-electron chi connectivity index (χ3n) is 4.75. The summed E-state index contributed by atoms with van der Waals surface area (Å²) in [6.45, 7) is 0.594. The zero-order chi connectivity index (χ0) is 22.2. The van der Waals surface area contributed by atoms with Gasteiger partial charge in [-0.2, -0.15) is 17.5 Å². The Morgan fingerprint density at radius 1 is 1.03 bits per heavy atom. The quantitative estimate of drug-likeness (QED) is 0.466. The zero-order valence-corrected chi connectivity index (χ0v) is 17.0. The van der Waals surface area contributed by atoms with Crippen molar-refractivity contribution in [2.45, 2.75) is 19.4 Å². The number of rotatable bonds is 5. The molecule has 0 fully saturated rings. The molecule has 0 atom stereocenters. The molecule has 0 N–H and O–H groups in total. The van der Waals surface area contributed by atoms with Gasteiger partial charge in [0.15, 0.2) is 0 Å².